The molecule has 2 aromatic rings. The first kappa shape index (κ1) is 13.0. The lowest BCUT2D eigenvalue weighted by molar-refractivity contribution is 0.459. The molecule has 0 spiro atoms. The molecule has 1 aromatic heterocycles. The van der Waals surface area contributed by atoms with Crippen LogP contribution in [0.1, 0.15) is 11.1 Å². The number of pyridine rings is 1. The van der Waals surface area contributed by atoms with Gasteiger partial charge in [0.1, 0.15) is 10.8 Å². The Labute approximate surface area is 115 Å². The lowest BCUT2D eigenvalue weighted by Crippen LogP contribution is -1.95. The summed E-state index contributed by atoms with van der Waals surface area (Å²) in [7, 11) is 0. The van der Waals surface area contributed by atoms with E-state index in [0.29, 0.717) is 21.7 Å². The summed E-state index contributed by atoms with van der Waals surface area (Å²) in [5.74, 6) is 1.01. The van der Waals surface area contributed by atoms with Gasteiger partial charge in [0, 0.05) is 11.9 Å². The molecule has 0 bridgehead atoms. The molecule has 0 amide bonds. The molecule has 0 saturated heterocycles. The van der Waals surface area contributed by atoms with Crippen molar-refractivity contribution in [3.8, 4) is 11.6 Å². The number of hydrogen-bond acceptors (Lipinski definition) is 3. The molecule has 18 heavy (non-hydrogen) atoms. The number of aryl methyl sites for hydroxylation is 2. The summed E-state index contributed by atoms with van der Waals surface area (Å²) in [4.78, 5) is 4.05. The largest absolute Gasteiger partial charge is 0.437 e. The zero-order chi connectivity index (χ0) is 13.3. The number of benzene rings is 1. The number of ether oxygens (including phenoxy) is 1. The Bertz CT molecular complexity index is 600. The molecule has 0 unspecified atom stereocenters. The summed E-state index contributed by atoms with van der Waals surface area (Å²) < 4.78 is 5.67. The summed E-state index contributed by atoms with van der Waals surface area (Å²) in [5.41, 5.74) is 8.42. The Morgan fingerprint density at radius 1 is 1.11 bits per heavy atom. The normalized spacial score (nSPS) is 10.4. The quantitative estimate of drug-likeness (QED) is 0.832. The number of anilines is 1. The number of rotatable bonds is 2. The number of nitrogens with two attached hydrogens (primary N) is 1. The van der Waals surface area contributed by atoms with Crippen LogP contribution in [0.4, 0.5) is 5.69 Å². The van der Waals surface area contributed by atoms with Gasteiger partial charge in [-0.3, -0.25) is 0 Å². The van der Waals surface area contributed by atoms with E-state index in [1.807, 2.05) is 26.0 Å². The Hall–Kier alpha value is -1.45. The molecule has 1 aromatic carbocycles. The summed E-state index contributed by atoms with van der Waals surface area (Å²) in [6.07, 6.45) is 1.49. The first-order valence-corrected chi connectivity index (χ1v) is 6.08. The Kier molecular flexibility index (Phi) is 3.64. The van der Waals surface area contributed by atoms with Crippen molar-refractivity contribution in [3.05, 3.63) is 45.6 Å². The number of nitrogens with zero attached hydrogens (tertiary/aromatic N) is 1. The third kappa shape index (κ3) is 2.68. The maximum Gasteiger partial charge on any atom is 0.238 e. The second-order valence-electron chi connectivity index (χ2n) is 4.02. The van der Waals surface area contributed by atoms with E-state index < -0.39 is 0 Å². The van der Waals surface area contributed by atoms with E-state index in [-0.39, 0.29) is 0 Å². The van der Waals surface area contributed by atoms with Gasteiger partial charge in [-0.15, -0.1) is 0 Å². The van der Waals surface area contributed by atoms with E-state index in [4.69, 9.17) is 33.7 Å². The van der Waals surface area contributed by atoms with Crippen LogP contribution in [-0.2, 0) is 0 Å². The van der Waals surface area contributed by atoms with Crippen LogP contribution in [0.5, 0.6) is 11.6 Å². The maximum atomic E-state index is 6.01. The average Bonchev–Trinajstić information content (AvgIpc) is 2.29. The highest BCUT2D eigenvalue weighted by atomic mass is 35.5. The molecule has 0 fully saturated rings. The first-order chi connectivity index (χ1) is 8.47. The Morgan fingerprint density at radius 2 is 1.83 bits per heavy atom. The third-order valence-corrected chi connectivity index (χ3v) is 3.02. The van der Waals surface area contributed by atoms with Crippen molar-refractivity contribution >= 4 is 28.9 Å². The minimum absolute atomic E-state index is 0.327. The van der Waals surface area contributed by atoms with Gasteiger partial charge in [-0.25, -0.2) is 4.98 Å². The molecule has 0 aliphatic carbocycles. The van der Waals surface area contributed by atoms with Crippen LogP contribution in [0, 0.1) is 13.8 Å². The van der Waals surface area contributed by atoms with E-state index >= 15 is 0 Å². The predicted octanol–water partition coefficient (Wildman–Crippen LogP) is 4.38. The molecule has 0 saturated carbocycles. The van der Waals surface area contributed by atoms with E-state index in [0.717, 1.165) is 16.8 Å². The van der Waals surface area contributed by atoms with Gasteiger partial charge in [-0.1, -0.05) is 23.2 Å². The first-order valence-electron chi connectivity index (χ1n) is 5.33. The summed E-state index contributed by atoms with van der Waals surface area (Å²) in [6, 6.07) is 5.30. The highest BCUT2D eigenvalue weighted by Crippen LogP contribution is 2.32. The van der Waals surface area contributed by atoms with Crippen molar-refractivity contribution < 1.29 is 4.74 Å². The van der Waals surface area contributed by atoms with E-state index in [1.165, 1.54) is 6.20 Å². The SMILES string of the molecule is Cc1cc(Oc2ncc(Cl)cc2Cl)c(C)cc1N. The zero-order valence-electron chi connectivity index (χ0n) is 10.00. The molecular formula is C13H12Cl2N2O. The summed E-state index contributed by atoms with van der Waals surface area (Å²) >= 11 is 11.8. The molecular weight excluding hydrogens is 271 g/mol. The van der Waals surface area contributed by atoms with Crippen LogP contribution in [0.15, 0.2) is 24.4 Å². The summed E-state index contributed by atoms with van der Waals surface area (Å²) in [5, 5.41) is 0.842. The fraction of sp³-hybridized carbons (Fsp3) is 0.154. The van der Waals surface area contributed by atoms with Crippen LogP contribution in [-0.4, -0.2) is 4.98 Å². The van der Waals surface area contributed by atoms with E-state index in [1.54, 1.807) is 6.07 Å². The fourth-order valence-electron chi connectivity index (χ4n) is 1.50. The fourth-order valence-corrected chi connectivity index (χ4v) is 1.92. The topological polar surface area (TPSA) is 48.1 Å². The molecule has 3 nitrogen and oxygen atoms in total. The van der Waals surface area contributed by atoms with Crippen LogP contribution >= 0.6 is 23.2 Å². The van der Waals surface area contributed by atoms with Crippen LogP contribution in [0.2, 0.25) is 10.0 Å². The number of aromatic nitrogens is 1. The van der Waals surface area contributed by atoms with Crippen molar-refractivity contribution in [2.24, 2.45) is 0 Å². The molecule has 94 valence electrons. The monoisotopic (exact) mass is 282 g/mol. The van der Waals surface area contributed by atoms with Crippen molar-refractivity contribution in [2.75, 3.05) is 5.73 Å². The van der Waals surface area contributed by atoms with Gasteiger partial charge in [0.2, 0.25) is 5.88 Å². The van der Waals surface area contributed by atoms with Gasteiger partial charge in [-0.2, -0.15) is 0 Å². The van der Waals surface area contributed by atoms with Crippen LogP contribution in [0.25, 0.3) is 0 Å². The zero-order valence-corrected chi connectivity index (χ0v) is 11.5. The lowest BCUT2D eigenvalue weighted by atomic mass is 10.1. The van der Waals surface area contributed by atoms with Gasteiger partial charge < -0.3 is 10.5 Å². The second-order valence-corrected chi connectivity index (χ2v) is 4.86. The van der Waals surface area contributed by atoms with Gasteiger partial charge in [0.25, 0.3) is 0 Å². The molecule has 0 radical (unpaired) electrons. The lowest BCUT2D eigenvalue weighted by Gasteiger charge is -2.11. The van der Waals surface area contributed by atoms with Crippen molar-refractivity contribution in [1.29, 1.82) is 0 Å². The molecule has 0 aliphatic heterocycles. The molecule has 1 heterocycles. The molecule has 5 heteroatoms. The van der Waals surface area contributed by atoms with Crippen LogP contribution in [0.3, 0.4) is 0 Å². The van der Waals surface area contributed by atoms with Crippen molar-refractivity contribution in [2.45, 2.75) is 13.8 Å². The molecule has 0 atom stereocenters. The molecule has 2 rings (SSSR count). The molecule has 0 aliphatic rings. The van der Waals surface area contributed by atoms with E-state index in [2.05, 4.69) is 4.98 Å². The summed E-state index contributed by atoms with van der Waals surface area (Å²) in [6.45, 7) is 3.83. The smallest absolute Gasteiger partial charge is 0.238 e. The average molecular weight is 283 g/mol. The van der Waals surface area contributed by atoms with Crippen LogP contribution < -0.4 is 10.5 Å². The third-order valence-electron chi connectivity index (χ3n) is 2.54. The predicted molar refractivity (Wildman–Crippen MR) is 74.7 cm³/mol. The van der Waals surface area contributed by atoms with Gasteiger partial charge >= 0.3 is 0 Å². The van der Waals surface area contributed by atoms with E-state index in [9.17, 15) is 0 Å². The Morgan fingerprint density at radius 3 is 2.50 bits per heavy atom. The van der Waals surface area contributed by atoms with Crippen molar-refractivity contribution in [1.82, 2.24) is 4.98 Å². The Balaban J connectivity index is 2.37. The van der Waals surface area contributed by atoms with Gasteiger partial charge in [-0.05, 0) is 43.2 Å². The van der Waals surface area contributed by atoms with Gasteiger partial charge in [0.15, 0.2) is 0 Å². The number of nitrogen functional groups attached to an aromatic ring is 1. The molecule has 2 N–H and O–H groups in total. The number of halogens is 2. The second kappa shape index (κ2) is 5.04. The maximum absolute atomic E-state index is 6.01. The number of hydrogen-bond donors (Lipinski definition) is 1. The highest BCUT2D eigenvalue weighted by Gasteiger charge is 2.09. The minimum atomic E-state index is 0.327. The minimum Gasteiger partial charge on any atom is -0.437 e. The highest BCUT2D eigenvalue weighted by molar-refractivity contribution is 6.35. The van der Waals surface area contributed by atoms with Crippen molar-refractivity contribution in [3.63, 3.8) is 0 Å². The van der Waals surface area contributed by atoms with Gasteiger partial charge in [0.05, 0.1) is 5.02 Å². The standard InChI is InChI=1S/C13H12Cl2N2O/c1-7-4-12(8(2)3-11(7)16)18-13-10(15)5-9(14)6-17-13/h3-6H,16H2,1-2H3.